The Hall–Kier alpha value is -0.940. The molecule has 27 heavy (non-hydrogen) atoms. The van der Waals surface area contributed by atoms with Crippen LogP contribution in [0.15, 0.2) is 0 Å². The van der Waals surface area contributed by atoms with Gasteiger partial charge >= 0.3 is 5.97 Å². The summed E-state index contributed by atoms with van der Waals surface area (Å²) in [5.41, 5.74) is -0.548. The van der Waals surface area contributed by atoms with Crippen molar-refractivity contribution in [2.24, 2.45) is 40.4 Å². The highest BCUT2D eigenvalue weighted by Crippen LogP contribution is 2.64. The molecule has 5 nitrogen and oxygen atoms in total. The van der Waals surface area contributed by atoms with Crippen molar-refractivity contribution in [2.75, 3.05) is 6.79 Å². The molecule has 0 aromatic rings. The van der Waals surface area contributed by atoms with E-state index in [1.807, 2.05) is 0 Å². The van der Waals surface area contributed by atoms with E-state index in [2.05, 4.69) is 27.7 Å². The molecule has 3 saturated carbocycles. The van der Waals surface area contributed by atoms with Crippen molar-refractivity contribution in [3.8, 4) is 0 Å². The van der Waals surface area contributed by atoms with E-state index in [1.165, 1.54) is 0 Å². The maximum Gasteiger partial charge on any atom is 0.303 e. The molecule has 0 spiro atoms. The van der Waals surface area contributed by atoms with Crippen molar-refractivity contribution in [3.05, 3.63) is 0 Å². The standard InChI is InChI=1S/C22H34O5/c1-21(2)19-13(14(7-8-18(23)24)20(25)22(21,3)4)6-5-12-9-16-17(10-15(12)19)27-11-26-16/h12-17,19H,5-11H2,1-4H3,(H,23,24). The van der Waals surface area contributed by atoms with Crippen molar-refractivity contribution in [1.82, 2.24) is 0 Å². The largest absolute Gasteiger partial charge is 0.481 e. The Morgan fingerprint density at radius 3 is 2.41 bits per heavy atom. The van der Waals surface area contributed by atoms with E-state index >= 15 is 0 Å². The molecule has 0 radical (unpaired) electrons. The van der Waals surface area contributed by atoms with E-state index in [4.69, 9.17) is 9.47 Å². The molecule has 7 unspecified atom stereocenters. The van der Waals surface area contributed by atoms with Crippen LogP contribution in [0.4, 0.5) is 0 Å². The molecule has 1 saturated heterocycles. The SMILES string of the molecule is CC1(C)C(=O)C(CCC(=O)O)C2CCC3CC4OCOC4CC3C2C1(C)C. The molecule has 0 aromatic carbocycles. The van der Waals surface area contributed by atoms with Gasteiger partial charge in [0, 0.05) is 17.8 Å². The first-order valence-electron chi connectivity index (χ1n) is 10.6. The zero-order valence-electron chi connectivity index (χ0n) is 17.1. The summed E-state index contributed by atoms with van der Waals surface area (Å²) >= 11 is 0. The minimum atomic E-state index is -0.798. The highest BCUT2D eigenvalue weighted by molar-refractivity contribution is 5.89. The molecule has 4 rings (SSSR count). The van der Waals surface area contributed by atoms with Crippen molar-refractivity contribution in [2.45, 2.75) is 78.4 Å². The first-order chi connectivity index (χ1) is 12.6. The number of carbonyl (C=O) groups excluding carboxylic acids is 1. The number of hydrogen-bond acceptors (Lipinski definition) is 4. The summed E-state index contributed by atoms with van der Waals surface area (Å²) in [6, 6.07) is 0. The number of carbonyl (C=O) groups is 2. The van der Waals surface area contributed by atoms with Gasteiger partial charge in [0.15, 0.2) is 0 Å². The lowest BCUT2D eigenvalue weighted by molar-refractivity contribution is -0.176. The Morgan fingerprint density at radius 2 is 1.74 bits per heavy atom. The van der Waals surface area contributed by atoms with Gasteiger partial charge in [-0.25, -0.2) is 0 Å². The third kappa shape index (κ3) is 2.88. The summed E-state index contributed by atoms with van der Waals surface area (Å²) in [5.74, 6) is 1.29. The van der Waals surface area contributed by atoms with Crippen LogP contribution in [0.3, 0.4) is 0 Å². The number of fused-ring (bicyclic) bond motifs is 4. The van der Waals surface area contributed by atoms with E-state index in [0.29, 0.717) is 36.9 Å². The second-order valence-electron chi connectivity index (χ2n) is 10.4. The second-order valence-corrected chi connectivity index (χ2v) is 10.4. The van der Waals surface area contributed by atoms with Crippen LogP contribution in [0, 0.1) is 40.4 Å². The molecular formula is C22H34O5. The predicted molar refractivity (Wildman–Crippen MR) is 100.0 cm³/mol. The quantitative estimate of drug-likeness (QED) is 0.806. The Bertz CT molecular complexity index is 624. The Morgan fingerprint density at radius 1 is 1.07 bits per heavy atom. The van der Waals surface area contributed by atoms with Gasteiger partial charge in [0.25, 0.3) is 0 Å². The fourth-order valence-corrected chi connectivity index (χ4v) is 7.02. The summed E-state index contributed by atoms with van der Waals surface area (Å²) in [6.45, 7) is 9.14. The van der Waals surface area contributed by atoms with E-state index in [0.717, 1.165) is 25.7 Å². The maximum absolute atomic E-state index is 13.4. The summed E-state index contributed by atoms with van der Waals surface area (Å²) < 4.78 is 11.7. The van der Waals surface area contributed by atoms with Crippen molar-refractivity contribution in [1.29, 1.82) is 0 Å². The molecule has 3 aliphatic carbocycles. The first-order valence-corrected chi connectivity index (χ1v) is 10.6. The Labute approximate surface area is 162 Å². The normalized spacial score (nSPS) is 44.9. The van der Waals surface area contributed by atoms with E-state index in [-0.39, 0.29) is 35.7 Å². The van der Waals surface area contributed by atoms with Crippen LogP contribution >= 0.6 is 0 Å². The first kappa shape index (κ1) is 19.4. The van der Waals surface area contributed by atoms with Crippen LogP contribution < -0.4 is 0 Å². The zero-order chi connectivity index (χ0) is 19.6. The van der Waals surface area contributed by atoms with Gasteiger partial charge in [-0.15, -0.1) is 0 Å². The van der Waals surface area contributed by atoms with Crippen molar-refractivity contribution >= 4 is 11.8 Å². The molecule has 4 fully saturated rings. The van der Waals surface area contributed by atoms with Gasteiger partial charge in [-0.3, -0.25) is 9.59 Å². The average Bonchev–Trinajstić information content (AvgIpc) is 3.05. The fraction of sp³-hybridized carbons (Fsp3) is 0.909. The lowest BCUT2D eigenvalue weighted by Crippen LogP contribution is -2.62. The fourth-order valence-electron chi connectivity index (χ4n) is 7.02. The molecule has 1 aliphatic heterocycles. The molecule has 4 aliphatic rings. The van der Waals surface area contributed by atoms with Crippen LogP contribution in [0.25, 0.3) is 0 Å². The van der Waals surface area contributed by atoms with Gasteiger partial charge in [0.05, 0.1) is 12.2 Å². The van der Waals surface area contributed by atoms with E-state index in [1.54, 1.807) is 0 Å². The van der Waals surface area contributed by atoms with Gasteiger partial charge in [-0.1, -0.05) is 27.7 Å². The van der Waals surface area contributed by atoms with Gasteiger partial charge in [0.1, 0.15) is 12.6 Å². The lowest BCUT2D eigenvalue weighted by atomic mass is 9.41. The number of aliphatic carboxylic acids is 1. The monoisotopic (exact) mass is 378 g/mol. The third-order valence-electron chi connectivity index (χ3n) is 9.00. The molecule has 5 heteroatoms. The van der Waals surface area contributed by atoms with Crippen molar-refractivity contribution in [3.63, 3.8) is 0 Å². The summed E-state index contributed by atoms with van der Waals surface area (Å²) in [7, 11) is 0. The van der Waals surface area contributed by atoms with Crippen LogP contribution in [-0.4, -0.2) is 35.9 Å². The number of ether oxygens (including phenoxy) is 2. The Balaban J connectivity index is 1.68. The highest BCUT2D eigenvalue weighted by atomic mass is 16.7. The van der Waals surface area contributed by atoms with Gasteiger partial charge in [-0.05, 0) is 61.2 Å². The lowest BCUT2D eigenvalue weighted by Gasteiger charge is -2.62. The number of ketones is 1. The number of rotatable bonds is 3. The zero-order valence-corrected chi connectivity index (χ0v) is 17.1. The van der Waals surface area contributed by atoms with Crippen LogP contribution in [0.1, 0.15) is 66.2 Å². The van der Waals surface area contributed by atoms with E-state index < -0.39 is 11.4 Å². The minimum Gasteiger partial charge on any atom is -0.481 e. The van der Waals surface area contributed by atoms with Gasteiger partial charge < -0.3 is 14.6 Å². The van der Waals surface area contributed by atoms with Crippen molar-refractivity contribution < 1.29 is 24.2 Å². The van der Waals surface area contributed by atoms with Crippen LogP contribution in [0.5, 0.6) is 0 Å². The summed E-state index contributed by atoms with van der Waals surface area (Å²) in [5, 5.41) is 9.21. The number of Topliss-reactive ketones (excluding diaryl/α,β-unsaturated/α-hetero) is 1. The van der Waals surface area contributed by atoms with Crippen LogP contribution in [-0.2, 0) is 19.1 Å². The smallest absolute Gasteiger partial charge is 0.303 e. The third-order valence-corrected chi connectivity index (χ3v) is 9.00. The number of carboxylic acid groups (broad SMARTS) is 1. The Kier molecular flexibility index (Phi) is 4.70. The molecular weight excluding hydrogens is 344 g/mol. The molecule has 0 bridgehead atoms. The summed E-state index contributed by atoms with van der Waals surface area (Å²) in [4.78, 5) is 24.6. The minimum absolute atomic E-state index is 0.0892. The molecule has 1 heterocycles. The molecule has 7 atom stereocenters. The predicted octanol–water partition coefficient (Wildman–Crippen LogP) is 3.90. The topological polar surface area (TPSA) is 72.8 Å². The van der Waals surface area contributed by atoms with Gasteiger partial charge in [0.2, 0.25) is 0 Å². The molecule has 0 amide bonds. The highest BCUT2D eigenvalue weighted by Gasteiger charge is 2.63. The molecule has 152 valence electrons. The molecule has 0 aromatic heterocycles. The maximum atomic E-state index is 13.4. The number of carboxylic acids is 1. The number of hydrogen-bond donors (Lipinski definition) is 1. The average molecular weight is 379 g/mol. The summed E-state index contributed by atoms with van der Waals surface area (Å²) in [6.07, 6.45) is 5.28. The molecule has 1 N–H and O–H groups in total. The van der Waals surface area contributed by atoms with Crippen LogP contribution in [0.2, 0.25) is 0 Å². The van der Waals surface area contributed by atoms with Gasteiger partial charge in [-0.2, -0.15) is 0 Å². The second kappa shape index (κ2) is 6.55. The van der Waals surface area contributed by atoms with E-state index in [9.17, 15) is 14.7 Å².